The SMILES string of the molecule is Cn1nc(C(=O)NC2CCC(Br)CC2)c2ccccc21. The number of carbonyl (C=O) groups excluding carboxylic acids is 1. The van der Waals surface area contributed by atoms with E-state index in [0.29, 0.717) is 10.5 Å². The molecule has 2 aromatic rings. The lowest BCUT2D eigenvalue weighted by Gasteiger charge is -2.25. The number of alkyl halides is 1. The fourth-order valence-electron chi connectivity index (χ4n) is 2.83. The summed E-state index contributed by atoms with van der Waals surface area (Å²) in [6.45, 7) is 0. The predicted molar refractivity (Wildman–Crippen MR) is 83.2 cm³/mol. The van der Waals surface area contributed by atoms with Gasteiger partial charge in [-0.3, -0.25) is 9.48 Å². The first-order valence-corrected chi connectivity index (χ1v) is 7.93. The van der Waals surface area contributed by atoms with Crippen molar-refractivity contribution in [2.45, 2.75) is 36.6 Å². The van der Waals surface area contributed by atoms with E-state index in [1.807, 2.05) is 31.3 Å². The first-order chi connectivity index (χ1) is 9.65. The lowest BCUT2D eigenvalue weighted by Crippen LogP contribution is -2.38. The Morgan fingerprint density at radius 1 is 1.30 bits per heavy atom. The number of amides is 1. The van der Waals surface area contributed by atoms with E-state index in [4.69, 9.17) is 0 Å². The molecule has 0 bridgehead atoms. The van der Waals surface area contributed by atoms with Gasteiger partial charge >= 0.3 is 0 Å². The Bertz CT molecular complexity index is 629. The minimum Gasteiger partial charge on any atom is -0.348 e. The van der Waals surface area contributed by atoms with Crippen LogP contribution in [-0.2, 0) is 7.05 Å². The summed E-state index contributed by atoms with van der Waals surface area (Å²) in [7, 11) is 1.87. The molecular formula is C15H18BrN3O. The number of para-hydroxylation sites is 1. The third-order valence-electron chi connectivity index (χ3n) is 3.96. The Kier molecular flexibility index (Phi) is 3.78. The van der Waals surface area contributed by atoms with Crippen molar-refractivity contribution in [3.63, 3.8) is 0 Å². The van der Waals surface area contributed by atoms with Gasteiger partial charge in [0.15, 0.2) is 5.69 Å². The van der Waals surface area contributed by atoms with Crippen LogP contribution in [0.4, 0.5) is 0 Å². The van der Waals surface area contributed by atoms with Crippen LogP contribution < -0.4 is 5.32 Å². The van der Waals surface area contributed by atoms with Crippen LogP contribution in [0.5, 0.6) is 0 Å². The zero-order chi connectivity index (χ0) is 14.1. The quantitative estimate of drug-likeness (QED) is 0.857. The summed E-state index contributed by atoms with van der Waals surface area (Å²) in [4.78, 5) is 13.0. The van der Waals surface area contributed by atoms with E-state index < -0.39 is 0 Å². The van der Waals surface area contributed by atoms with Gasteiger partial charge in [-0.1, -0.05) is 34.1 Å². The van der Waals surface area contributed by atoms with Gasteiger partial charge in [0.05, 0.1) is 5.52 Å². The second kappa shape index (κ2) is 5.56. The van der Waals surface area contributed by atoms with Crippen molar-refractivity contribution in [3.8, 4) is 0 Å². The van der Waals surface area contributed by atoms with Crippen molar-refractivity contribution in [3.05, 3.63) is 30.0 Å². The van der Waals surface area contributed by atoms with E-state index in [1.165, 1.54) is 0 Å². The Balaban J connectivity index is 1.79. The van der Waals surface area contributed by atoms with Crippen LogP contribution in [0.1, 0.15) is 36.2 Å². The molecule has 0 unspecified atom stereocenters. The molecule has 5 heteroatoms. The number of nitrogens with zero attached hydrogens (tertiary/aromatic N) is 2. The lowest BCUT2D eigenvalue weighted by atomic mass is 9.95. The van der Waals surface area contributed by atoms with E-state index in [9.17, 15) is 4.79 Å². The monoisotopic (exact) mass is 335 g/mol. The topological polar surface area (TPSA) is 46.9 Å². The average Bonchev–Trinajstić information content (AvgIpc) is 2.79. The van der Waals surface area contributed by atoms with Crippen LogP contribution in [-0.4, -0.2) is 26.6 Å². The summed E-state index contributed by atoms with van der Waals surface area (Å²) in [5, 5.41) is 8.41. The minimum atomic E-state index is -0.0557. The number of hydrogen-bond acceptors (Lipinski definition) is 2. The summed E-state index contributed by atoms with van der Waals surface area (Å²) in [5.74, 6) is -0.0557. The summed E-state index contributed by atoms with van der Waals surface area (Å²) in [5.41, 5.74) is 1.52. The fourth-order valence-corrected chi connectivity index (χ4v) is 3.36. The van der Waals surface area contributed by atoms with Crippen molar-refractivity contribution in [2.24, 2.45) is 7.05 Å². The van der Waals surface area contributed by atoms with Gasteiger partial charge in [0.2, 0.25) is 0 Å². The second-order valence-corrected chi connectivity index (χ2v) is 6.71. The van der Waals surface area contributed by atoms with Crippen molar-refractivity contribution in [1.82, 2.24) is 15.1 Å². The Hall–Kier alpha value is -1.36. The zero-order valence-electron chi connectivity index (χ0n) is 11.5. The van der Waals surface area contributed by atoms with Crippen LogP contribution >= 0.6 is 15.9 Å². The molecular weight excluding hydrogens is 318 g/mol. The Morgan fingerprint density at radius 2 is 2.00 bits per heavy atom. The van der Waals surface area contributed by atoms with E-state index in [1.54, 1.807) is 4.68 Å². The van der Waals surface area contributed by atoms with E-state index in [2.05, 4.69) is 26.3 Å². The molecule has 4 nitrogen and oxygen atoms in total. The molecule has 1 saturated carbocycles. The van der Waals surface area contributed by atoms with Gasteiger partial charge in [-0.2, -0.15) is 5.10 Å². The Labute approximate surface area is 126 Å². The van der Waals surface area contributed by atoms with Crippen molar-refractivity contribution < 1.29 is 4.79 Å². The highest BCUT2D eigenvalue weighted by atomic mass is 79.9. The molecule has 0 spiro atoms. The predicted octanol–water partition coefficient (Wildman–Crippen LogP) is 3.01. The van der Waals surface area contributed by atoms with E-state index in [0.717, 1.165) is 36.6 Å². The molecule has 1 heterocycles. The molecule has 1 aromatic heterocycles. The van der Waals surface area contributed by atoms with Crippen LogP contribution in [0.15, 0.2) is 24.3 Å². The molecule has 20 heavy (non-hydrogen) atoms. The molecule has 0 aliphatic heterocycles. The number of aromatic nitrogens is 2. The van der Waals surface area contributed by atoms with Crippen LogP contribution in [0.25, 0.3) is 10.9 Å². The highest BCUT2D eigenvalue weighted by molar-refractivity contribution is 9.09. The molecule has 1 fully saturated rings. The molecule has 1 aromatic carbocycles. The van der Waals surface area contributed by atoms with Crippen molar-refractivity contribution in [1.29, 1.82) is 0 Å². The maximum atomic E-state index is 12.4. The van der Waals surface area contributed by atoms with E-state index in [-0.39, 0.29) is 11.9 Å². The minimum absolute atomic E-state index is 0.0557. The largest absolute Gasteiger partial charge is 0.348 e. The smallest absolute Gasteiger partial charge is 0.272 e. The van der Waals surface area contributed by atoms with Crippen LogP contribution in [0.2, 0.25) is 0 Å². The molecule has 0 atom stereocenters. The maximum Gasteiger partial charge on any atom is 0.272 e. The molecule has 0 radical (unpaired) electrons. The molecule has 106 valence electrons. The normalized spacial score (nSPS) is 22.9. The highest BCUT2D eigenvalue weighted by Gasteiger charge is 2.23. The van der Waals surface area contributed by atoms with Gasteiger partial charge in [0.25, 0.3) is 5.91 Å². The highest BCUT2D eigenvalue weighted by Crippen LogP contribution is 2.25. The number of halogens is 1. The second-order valence-electron chi connectivity index (χ2n) is 5.41. The first-order valence-electron chi connectivity index (χ1n) is 7.02. The maximum absolute atomic E-state index is 12.4. The van der Waals surface area contributed by atoms with E-state index >= 15 is 0 Å². The summed E-state index contributed by atoms with van der Waals surface area (Å²) in [6, 6.07) is 8.11. The van der Waals surface area contributed by atoms with Crippen LogP contribution in [0.3, 0.4) is 0 Å². The summed E-state index contributed by atoms with van der Waals surface area (Å²) < 4.78 is 1.76. The number of rotatable bonds is 2. The summed E-state index contributed by atoms with van der Waals surface area (Å²) >= 11 is 3.63. The van der Waals surface area contributed by atoms with Gasteiger partial charge in [0, 0.05) is 23.3 Å². The number of nitrogens with one attached hydrogen (secondary N) is 1. The zero-order valence-corrected chi connectivity index (χ0v) is 13.1. The number of aryl methyl sites for hydroxylation is 1. The van der Waals surface area contributed by atoms with Crippen molar-refractivity contribution >= 4 is 32.7 Å². The van der Waals surface area contributed by atoms with Gasteiger partial charge in [0.1, 0.15) is 0 Å². The first kappa shape index (κ1) is 13.6. The number of carbonyl (C=O) groups is 1. The number of benzene rings is 1. The molecule has 1 N–H and O–H groups in total. The molecule has 1 aliphatic rings. The molecule has 1 aliphatic carbocycles. The standard InChI is InChI=1S/C15H18BrN3O/c1-19-13-5-3-2-4-12(13)14(18-19)15(20)17-11-8-6-10(16)7-9-11/h2-5,10-11H,6-9H2,1H3,(H,17,20). The third kappa shape index (κ3) is 2.59. The number of fused-ring (bicyclic) bond motifs is 1. The van der Waals surface area contributed by atoms with Gasteiger partial charge in [-0.15, -0.1) is 0 Å². The van der Waals surface area contributed by atoms with Crippen molar-refractivity contribution in [2.75, 3.05) is 0 Å². The fraction of sp³-hybridized carbons (Fsp3) is 0.467. The summed E-state index contributed by atoms with van der Waals surface area (Å²) in [6.07, 6.45) is 4.31. The molecule has 3 rings (SSSR count). The van der Waals surface area contributed by atoms with Gasteiger partial charge in [-0.25, -0.2) is 0 Å². The van der Waals surface area contributed by atoms with Crippen LogP contribution in [0, 0.1) is 0 Å². The third-order valence-corrected chi connectivity index (χ3v) is 4.88. The van der Waals surface area contributed by atoms with Gasteiger partial charge in [-0.05, 0) is 31.7 Å². The Morgan fingerprint density at radius 3 is 2.75 bits per heavy atom. The average molecular weight is 336 g/mol. The number of hydrogen-bond donors (Lipinski definition) is 1. The molecule has 1 amide bonds. The lowest BCUT2D eigenvalue weighted by molar-refractivity contribution is 0.0924. The molecule has 0 saturated heterocycles. The van der Waals surface area contributed by atoms with Gasteiger partial charge < -0.3 is 5.32 Å².